The summed E-state index contributed by atoms with van der Waals surface area (Å²) in [6.45, 7) is -0.472. The summed E-state index contributed by atoms with van der Waals surface area (Å²) >= 11 is 0. The highest BCUT2D eigenvalue weighted by molar-refractivity contribution is 6.01. The number of hydrogen-bond acceptors (Lipinski definition) is 2. The van der Waals surface area contributed by atoms with E-state index in [0.29, 0.717) is 6.42 Å². The smallest absolute Gasteiger partial charge is 0.161 e. The predicted molar refractivity (Wildman–Crippen MR) is 48.4 cm³/mol. The largest absolute Gasteiger partial charge is 0.389 e. The molecule has 13 heavy (non-hydrogen) atoms. The quantitative estimate of drug-likeness (QED) is 0.681. The molecule has 1 aromatic carbocycles. The number of nitrogens with zero attached hydrogens (tertiary/aromatic N) is 1. The first kappa shape index (κ1) is 8.23. The number of halogens is 1. The average molecular weight is 179 g/mol. The van der Waals surface area contributed by atoms with Crippen LogP contribution in [0.3, 0.4) is 0 Å². The van der Waals surface area contributed by atoms with Crippen molar-refractivity contribution < 1.29 is 9.23 Å². The van der Waals surface area contributed by atoms with Crippen LogP contribution in [0.15, 0.2) is 35.5 Å². The minimum Gasteiger partial charge on any atom is -0.389 e. The van der Waals surface area contributed by atoms with Crippen LogP contribution in [0.1, 0.15) is 12.0 Å². The molecule has 68 valence electrons. The monoisotopic (exact) mass is 179 g/mol. The summed E-state index contributed by atoms with van der Waals surface area (Å²) in [6, 6.07) is 9.69. The third-order valence-electron chi connectivity index (χ3n) is 2.01. The Hall–Kier alpha value is -1.38. The molecule has 0 aromatic heterocycles. The lowest BCUT2D eigenvalue weighted by atomic mass is 10.1. The maximum Gasteiger partial charge on any atom is 0.161 e. The van der Waals surface area contributed by atoms with Gasteiger partial charge in [0.2, 0.25) is 0 Å². The van der Waals surface area contributed by atoms with Crippen molar-refractivity contribution in [2.45, 2.75) is 12.5 Å². The third kappa shape index (κ3) is 1.69. The zero-order chi connectivity index (χ0) is 9.10. The van der Waals surface area contributed by atoms with Crippen LogP contribution in [0.4, 0.5) is 4.39 Å². The van der Waals surface area contributed by atoms with E-state index in [9.17, 15) is 4.39 Å². The molecule has 1 aromatic rings. The highest BCUT2D eigenvalue weighted by Gasteiger charge is 2.21. The van der Waals surface area contributed by atoms with Crippen molar-refractivity contribution in [1.29, 1.82) is 0 Å². The fourth-order valence-electron chi connectivity index (χ4n) is 1.31. The van der Waals surface area contributed by atoms with Gasteiger partial charge in [0.05, 0.1) is 5.71 Å². The summed E-state index contributed by atoms with van der Waals surface area (Å²) in [7, 11) is 0. The van der Waals surface area contributed by atoms with Gasteiger partial charge in [-0.2, -0.15) is 0 Å². The van der Waals surface area contributed by atoms with E-state index in [0.717, 1.165) is 11.3 Å². The van der Waals surface area contributed by atoms with E-state index in [4.69, 9.17) is 4.84 Å². The SMILES string of the molecule is FCC1CC(c2ccccc2)=NO1. The molecular formula is C10H10FNO. The van der Waals surface area contributed by atoms with Crippen LogP contribution < -0.4 is 0 Å². The molecule has 0 bridgehead atoms. The van der Waals surface area contributed by atoms with Crippen LogP contribution in [-0.4, -0.2) is 18.5 Å². The van der Waals surface area contributed by atoms with Gasteiger partial charge in [0.15, 0.2) is 6.10 Å². The molecule has 2 rings (SSSR count). The van der Waals surface area contributed by atoms with E-state index in [1.807, 2.05) is 30.3 Å². The van der Waals surface area contributed by atoms with Gasteiger partial charge in [-0.15, -0.1) is 0 Å². The molecule has 3 heteroatoms. The number of hydrogen-bond donors (Lipinski definition) is 0. The Kier molecular flexibility index (Phi) is 2.25. The molecule has 0 fully saturated rings. The fourth-order valence-corrected chi connectivity index (χ4v) is 1.31. The lowest BCUT2D eigenvalue weighted by Crippen LogP contribution is -2.10. The van der Waals surface area contributed by atoms with Gasteiger partial charge in [-0.1, -0.05) is 35.5 Å². The van der Waals surface area contributed by atoms with Gasteiger partial charge < -0.3 is 4.84 Å². The van der Waals surface area contributed by atoms with Crippen molar-refractivity contribution >= 4 is 5.71 Å². The Bertz CT molecular complexity index is 310. The summed E-state index contributed by atoms with van der Waals surface area (Å²) in [5.41, 5.74) is 1.85. The zero-order valence-electron chi connectivity index (χ0n) is 7.11. The maximum absolute atomic E-state index is 12.2. The topological polar surface area (TPSA) is 21.6 Å². The minimum atomic E-state index is -0.472. The number of rotatable bonds is 2. The van der Waals surface area contributed by atoms with Gasteiger partial charge in [-0.05, 0) is 5.56 Å². The molecule has 1 aliphatic heterocycles. The molecule has 0 saturated heterocycles. The molecule has 0 N–H and O–H groups in total. The van der Waals surface area contributed by atoms with Crippen LogP contribution >= 0.6 is 0 Å². The molecule has 0 radical (unpaired) electrons. The molecular weight excluding hydrogens is 169 g/mol. The molecule has 1 heterocycles. The molecule has 1 aliphatic rings. The van der Waals surface area contributed by atoms with E-state index in [-0.39, 0.29) is 6.10 Å². The minimum absolute atomic E-state index is 0.379. The van der Waals surface area contributed by atoms with Crippen LogP contribution in [0.2, 0.25) is 0 Å². The molecule has 0 aliphatic carbocycles. The second-order valence-electron chi connectivity index (χ2n) is 2.99. The van der Waals surface area contributed by atoms with E-state index >= 15 is 0 Å². The second-order valence-corrected chi connectivity index (χ2v) is 2.99. The van der Waals surface area contributed by atoms with Crippen molar-refractivity contribution in [2.24, 2.45) is 5.16 Å². The highest BCUT2D eigenvalue weighted by Crippen LogP contribution is 2.16. The molecule has 0 spiro atoms. The number of benzene rings is 1. The Labute approximate surface area is 76.0 Å². The zero-order valence-corrected chi connectivity index (χ0v) is 7.11. The first-order valence-corrected chi connectivity index (χ1v) is 4.24. The van der Waals surface area contributed by atoms with Crippen molar-refractivity contribution in [3.05, 3.63) is 35.9 Å². The lowest BCUT2D eigenvalue weighted by molar-refractivity contribution is 0.0656. The Morgan fingerprint density at radius 1 is 1.38 bits per heavy atom. The van der Waals surface area contributed by atoms with E-state index in [1.54, 1.807) is 0 Å². The van der Waals surface area contributed by atoms with Crippen LogP contribution in [0.25, 0.3) is 0 Å². The average Bonchev–Trinajstić information content (AvgIpc) is 2.67. The maximum atomic E-state index is 12.2. The van der Waals surface area contributed by atoms with Gasteiger partial charge >= 0.3 is 0 Å². The standard InChI is InChI=1S/C10H10FNO/c11-7-9-6-10(12-13-9)8-4-2-1-3-5-8/h1-5,9H,6-7H2. The van der Waals surface area contributed by atoms with Crippen LogP contribution in [-0.2, 0) is 4.84 Å². The van der Waals surface area contributed by atoms with Crippen molar-refractivity contribution in [1.82, 2.24) is 0 Å². The molecule has 0 saturated carbocycles. The first-order valence-electron chi connectivity index (χ1n) is 4.24. The number of alkyl halides is 1. The van der Waals surface area contributed by atoms with E-state index in [2.05, 4.69) is 5.16 Å². The normalized spacial score (nSPS) is 21.0. The Balaban J connectivity index is 2.12. The molecule has 1 atom stereocenters. The number of oxime groups is 1. The lowest BCUT2D eigenvalue weighted by Gasteiger charge is -1.99. The fraction of sp³-hybridized carbons (Fsp3) is 0.300. The van der Waals surface area contributed by atoms with Gasteiger partial charge in [0.25, 0.3) is 0 Å². The van der Waals surface area contributed by atoms with Gasteiger partial charge in [-0.3, -0.25) is 0 Å². The van der Waals surface area contributed by atoms with Crippen LogP contribution in [0, 0.1) is 0 Å². The summed E-state index contributed by atoms with van der Waals surface area (Å²) in [4.78, 5) is 4.88. The van der Waals surface area contributed by atoms with Gasteiger partial charge in [0.1, 0.15) is 6.67 Å². The van der Waals surface area contributed by atoms with Crippen LogP contribution in [0.5, 0.6) is 0 Å². The third-order valence-corrected chi connectivity index (χ3v) is 2.01. The summed E-state index contributed by atoms with van der Waals surface area (Å²) in [5, 5.41) is 3.83. The van der Waals surface area contributed by atoms with Crippen molar-refractivity contribution in [2.75, 3.05) is 6.67 Å². The summed E-state index contributed by atoms with van der Waals surface area (Å²) in [6.07, 6.45) is 0.191. The highest BCUT2D eigenvalue weighted by atomic mass is 19.1. The molecule has 0 amide bonds. The van der Waals surface area contributed by atoms with Crippen molar-refractivity contribution in [3.63, 3.8) is 0 Å². The second kappa shape index (κ2) is 3.56. The van der Waals surface area contributed by atoms with Gasteiger partial charge in [-0.25, -0.2) is 4.39 Å². The molecule has 2 nitrogen and oxygen atoms in total. The molecule has 1 unspecified atom stereocenters. The van der Waals surface area contributed by atoms with Crippen molar-refractivity contribution in [3.8, 4) is 0 Å². The Morgan fingerprint density at radius 2 is 2.15 bits per heavy atom. The summed E-state index contributed by atoms with van der Waals surface area (Å²) < 4.78 is 12.2. The summed E-state index contributed by atoms with van der Waals surface area (Å²) in [5.74, 6) is 0. The predicted octanol–water partition coefficient (Wildman–Crippen LogP) is 2.15. The van der Waals surface area contributed by atoms with E-state index in [1.165, 1.54) is 0 Å². The Morgan fingerprint density at radius 3 is 2.77 bits per heavy atom. The first-order chi connectivity index (χ1) is 6.40. The van der Waals surface area contributed by atoms with Gasteiger partial charge in [0, 0.05) is 6.42 Å². The van der Waals surface area contributed by atoms with E-state index < -0.39 is 6.67 Å².